The minimum Gasteiger partial charge on any atom is -0.469 e. The van der Waals surface area contributed by atoms with Gasteiger partial charge in [-0.15, -0.1) is 0 Å². The van der Waals surface area contributed by atoms with E-state index in [4.69, 9.17) is 9.57 Å². The van der Waals surface area contributed by atoms with E-state index in [1.165, 1.54) is 7.11 Å². The number of esters is 1. The molecular formula is C10H17NO3. The van der Waals surface area contributed by atoms with Crippen LogP contribution >= 0.6 is 0 Å². The second kappa shape index (κ2) is 4.00. The van der Waals surface area contributed by atoms with Crippen molar-refractivity contribution in [2.45, 2.75) is 20.8 Å². The van der Waals surface area contributed by atoms with Crippen LogP contribution in [0.2, 0.25) is 0 Å². The molecule has 1 aliphatic rings. The molecule has 1 aliphatic carbocycles. The van der Waals surface area contributed by atoms with Gasteiger partial charge in [-0.3, -0.25) is 15.1 Å². The van der Waals surface area contributed by atoms with E-state index in [0.29, 0.717) is 6.61 Å². The van der Waals surface area contributed by atoms with E-state index in [1.807, 2.05) is 20.8 Å². The van der Waals surface area contributed by atoms with Gasteiger partial charge < -0.3 is 4.74 Å². The molecule has 80 valence electrons. The van der Waals surface area contributed by atoms with Crippen molar-refractivity contribution < 1.29 is 14.4 Å². The normalized spacial score (nSPS) is 26.0. The average Bonchev–Trinajstić information content (AvgIpc) is 2.68. The largest absolute Gasteiger partial charge is 0.469 e. The summed E-state index contributed by atoms with van der Waals surface area (Å²) in [5.41, 5.74) is 3.62. The van der Waals surface area contributed by atoms with Crippen molar-refractivity contribution in [3.05, 3.63) is 11.8 Å². The highest BCUT2D eigenvalue weighted by atomic mass is 16.6. The fourth-order valence-corrected chi connectivity index (χ4v) is 1.58. The third-order valence-electron chi connectivity index (χ3n) is 2.57. The molecule has 0 saturated heterocycles. The Hall–Kier alpha value is -1.03. The van der Waals surface area contributed by atoms with Gasteiger partial charge in [-0.25, -0.2) is 0 Å². The van der Waals surface area contributed by atoms with Gasteiger partial charge >= 0.3 is 5.97 Å². The van der Waals surface area contributed by atoms with Gasteiger partial charge in [-0.1, -0.05) is 13.8 Å². The van der Waals surface area contributed by atoms with Gasteiger partial charge in [-0.05, 0) is 12.5 Å². The Morgan fingerprint density at radius 3 is 2.79 bits per heavy atom. The van der Waals surface area contributed by atoms with Gasteiger partial charge in [0.25, 0.3) is 0 Å². The van der Waals surface area contributed by atoms with Crippen LogP contribution in [0.15, 0.2) is 11.8 Å². The van der Waals surface area contributed by atoms with Crippen LogP contribution in [0.25, 0.3) is 0 Å². The van der Waals surface area contributed by atoms with Crippen molar-refractivity contribution in [1.29, 1.82) is 0 Å². The molecule has 0 spiro atoms. The highest BCUT2D eigenvalue weighted by molar-refractivity contribution is 5.83. The first kappa shape index (κ1) is 11.0. The molecule has 1 atom stereocenters. The lowest BCUT2D eigenvalue weighted by molar-refractivity contribution is -0.142. The molecule has 0 aromatic rings. The zero-order valence-electron chi connectivity index (χ0n) is 9.09. The maximum absolute atomic E-state index is 11.3. The Morgan fingerprint density at radius 1 is 1.64 bits per heavy atom. The number of hydroxylamine groups is 1. The molecule has 0 heterocycles. The summed E-state index contributed by atoms with van der Waals surface area (Å²) in [6.07, 6.45) is 1.74. The van der Waals surface area contributed by atoms with Crippen molar-refractivity contribution >= 4 is 5.97 Å². The number of hydrogen-bond acceptors (Lipinski definition) is 4. The third-order valence-corrected chi connectivity index (χ3v) is 2.57. The first-order valence-corrected chi connectivity index (χ1v) is 4.71. The molecule has 1 rings (SSSR count). The smallest absolute Gasteiger partial charge is 0.313 e. The summed E-state index contributed by atoms with van der Waals surface area (Å²) in [6, 6.07) is 0. The van der Waals surface area contributed by atoms with Gasteiger partial charge in [0, 0.05) is 11.6 Å². The number of ether oxygens (including phenoxy) is 1. The molecule has 4 heteroatoms. The summed E-state index contributed by atoms with van der Waals surface area (Å²) in [6.45, 7) is 6.50. The van der Waals surface area contributed by atoms with Crippen LogP contribution in [-0.4, -0.2) is 19.7 Å². The number of nitrogens with one attached hydrogen (secondary N) is 1. The summed E-state index contributed by atoms with van der Waals surface area (Å²) in [4.78, 5) is 16.3. The van der Waals surface area contributed by atoms with E-state index >= 15 is 0 Å². The highest BCUT2D eigenvalue weighted by Crippen LogP contribution is 2.57. The summed E-state index contributed by atoms with van der Waals surface area (Å²) in [5.74, 6) is -0.306. The van der Waals surface area contributed by atoms with E-state index in [0.717, 1.165) is 5.57 Å². The average molecular weight is 199 g/mol. The predicted octanol–water partition coefficient (Wildman–Crippen LogP) is 1.24. The third kappa shape index (κ3) is 1.90. The van der Waals surface area contributed by atoms with E-state index in [2.05, 4.69) is 5.48 Å². The molecule has 0 aromatic carbocycles. The van der Waals surface area contributed by atoms with Gasteiger partial charge in [0.15, 0.2) is 0 Å². The van der Waals surface area contributed by atoms with Crippen molar-refractivity contribution in [3.8, 4) is 0 Å². The number of rotatable bonds is 4. The van der Waals surface area contributed by atoms with Crippen molar-refractivity contribution in [2.24, 2.45) is 11.3 Å². The Kier molecular flexibility index (Phi) is 3.16. The summed E-state index contributed by atoms with van der Waals surface area (Å²) in [7, 11) is 1.41. The Bertz CT molecular complexity index is 258. The van der Waals surface area contributed by atoms with Crippen LogP contribution in [0.4, 0.5) is 0 Å². The second-order valence-electron chi connectivity index (χ2n) is 3.83. The Balaban J connectivity index is 2.56. The molecule has 0 amide bonds. The molecule has 0 radical (unpaired) electrons. The van der Waals surface area contributed by atoms with E-state index in [-0.39, 0.29) is 17.3 Å². The zero-order chi connectivity index (χ0) is 10.8. The van der Waals surface area contributed by atoms with Gasteiger partial charge in [0.2, 0.25) is 0 Å². The quantitative estimate of drug-likeness (QED) is 0.420. The molecule has 14 heavy (non-hydrogen) atoms. The maximum Gasteiger partial charge on any atom is 0.313 e. The lowest BCUT2D eigenvalue weighted by atomic mass is 10.1. The number of hydrogen-bond donors (Lipinski definition) is 1. The monoisotopic (exact) mass is 199 g/mol. The first-order chi connectivity index (χ1) is 6.55. The summed E-state index contributed by atoms with van der Waals surface area (Å²) < 4.78 is 4.70. The van der Waals surface area contributed by atoms with E-state index < -0.39 is 0 Å². The molecule has 0 bridgehead atoms. The predicted molar refractivity (Wildman–Crippen MR) is 52.1 cm³/mol. The van der Waals surface area contributed by atoms with Crippen LogP contribution < -0.4 is 5.48 Å². The van der Waals surface area contributed by atoms with Crippen LogP contribution in [0.5, 0.6) is 0 Å². The van der Waals surface area contributed by atoms with Crippen LogP contribution in [0.1, 0.15) is 20.8 Å². The fraction of sp³-hybridized carbons (Fsp3) is 0.700. The molecule has 1 N–H and O–H groups in total. The summed E-state index contributed by atoms with van der Waals surface area (Å²) in [5, 5.41) is 0. The fourth-order valence-electron chi connectivity index (χ4n) is 1.58. The minimum atomic E-state index is -0.181. The SMILES string of the molecule is CCONC=C1C(C(=O)OC)C1(C)C. The molecule has 1 saturated carbocycles. The first-order valence-electron chi connectivity index (χ1n) is 4.71. The van der Waals surface area contributed by atoms with Crippen LogP contribution in [0, 0.1) is 11.3 Å². The Morgan fingerprint density at radius 2 is 2.29 bits per heavy atom. The Labute approximate surface area is 84.2 Å². The number of carbonyl (C=O) groups is 1. The van der Waals surface area contributed by atoms with Crippen LogP contribution in [-0.2, 0) is 14.4 Å². The minimum absolute atomic E-state index is 0.100. The summed E-state index contributed by atoms with van der Waals surface area (Å²) >= 11 is 0. The van der Waals surface area contributed by atoms with Crippen molar-refractivity contribution in [2.75, 3.05) is 13.7 Å². The van der Waals surface area contributed by atoms with Crippen molar-refractivity contribution in [1.82, 2.24) is 5.48 Å². The lowest BCUT2D eigenvalue weighted by Gasteiger charge is -1.98. The number of carbonyl (C=O) groups excluding carboxylic acids is 1. The maximum atomic E-state index is 11.3. The topological polar surface area (TPSA) is 47.6 Å². The number of methoxy groups -OCH3 is 1. The van der Waals surface area contributed by atoms with Crippen LogP contribution in [0.3, 0.4) is 0 Å². The molecule has 4 nitrogen and oxygen atoms in total. The second-order valence-corrected chi connectivity index (χ2v) is 3.83. The van der Waals surface area contributed by atoms with Crippen molar-refractivity contribution in [3.63, 3.8) is 0 Å². The van der Waals surface area contributed by atoms with Gasteiger partial charge in [0.1, 0.15) is 0 Å². The zero-order valence-corrected chi connectivity index (χ0v) is 9.09. The molecule has 0 aliphatic heterocycles. The van der Waals surface area contributed by atoms with E-state index in [9.17, 15) is 4.79 Å². The van der Waals surface area contributed by atoms with E-state index in [1.54, 1.807) is 6.20 Å². The molecule has 1 fully saturated rings. The lowest BCUT2D eigenvalue weighted by Crippen LogP contribution is -2.07. The molecule has 0 aromatic heterocycles. The highest BCUT2D eigenvalue weighted by Gasteiger charge is 2.57. The van der Waals surface area contributed by atoms with Gasteiger partial charge in [-0.2, -0.15) is 0 Å². The van der Waals surface area contributed by atoms with Gasteiger partial charge in [0.05, 0.1) is 19.6 Å². The molecular weight excluding hydrogens is 182 g/mol. The standard InChI is InChI=1S/C10H17NO3/c1-5-14-11-6-7-8(9(12)13-4)10(7,2)3/h6,8,11H,5H2,1-4H3. The molecule has 1 unspecified atom stereocenters.